The summed E-state index contributed by atoms with van der Waals surface area (Å²) in [4.78, 5) is 0. The van der Waals surface area contributed by atoms with Crippen LogP contribution in [0.4, 0.5) is 0 Å². The van der Waals surface area contributed by atoms with E-state index in [9.17, 15) is 0 Å². The molecular formula is C18H21Y2. The van der Waals surface area contributed by atoms with Gasteiger partial charge in [-0.3, -0.25) is 0 Å². The molecule has 0 bridgehead atoms. The van der Waals surface area contributed by atoms with Gasteiger partial charge in [0.2, 0.25) is 0 Å². The molecule has 2 heteroatoms. The van der Waals surface area contributed by atoms with Crippen molar-refractivity contribution in [1.82, 2.24) is 0 Å². The summed E-state index contributed by atoms with van der Waals surface area (Å²) >= 11 is -2.15. The van der Waals surface area contributed by atoms with Crippen molar-refractivity contribution in [2.24, 2.45) is 0 Å². The van der Waals surface area contributed by atoms with E-state index in [0.29, 0.717) is 6.68 Å². The first kappa shape index (κ1) is 17.0. The molecule has 0 aromatic rings. The van der Waals surface area contributed by atoms with Crippen molar-refractivity contribution in [3.8, 4) is 0 Å². The van der Waals surface area contributed by atoms with Crippen LogP contribution in [-0.2, 0) is 60.2 Å². The smallest absolute Gasteiger partial charge is 0 e. The molecule has 0 saturated carbocycles. The van der Waals surface area contributed by atoms with Crippen LogP contribution in [0.5, 0.6) is 0 Å². The minimum atomic E-state index is -2.15. The number of hydrogen-bond donors (Lipinski definition) is 0. The van der Waals surface area contributed by atoms with Gasteiger partial charge in [-0.15, -0.1) is 0 Å². The average molecular weight is 415 g/mol. The standard InChI is InChI=1S/3C6H7.2Y/c3*1-6-4-2-3-5-6;;/h3*2-5H,1H3;;. The van der Waals surface area contributed by atoms with Crippen LogP contribution in [0, 0.1) is 0 Å². The second-order valence-corrected chi connectivity index (χ2v) is 18.0. The molecule has 0 atom stereocenters. The Bertz CT molecular complexity index is 441. The largest absolute Gasteiger partial charge is 0 e. The number of rotatable bonds is 3. The summed E-state index contributed by atoms with van der Waals surface area (Å²) in [5, 5.41) is 0. The molecule has 3 aliphatic carbocycles. The van der Waals surface area contributed by atoms with E-state index in [4.69, 9.17) is 0 Å². The maximum Gasteiger partial charge on any atom is 0 e. The number of hydrogen-bond acceptors (Lipinski definition) is 0. The summed E-state index contributed by atoms with van der Waals surface area (Å²) in [6.45, 7) is 7.35. The Morgan fingerprint density at radius 2 is 0.700 bits per heavy atom. The second-order valence-electron chi connectivity index (χ2n) is 6.69. The molecule has 0 spiro atoms. The Morgan fingerprint density at radius 3 is 0.900 bits per heavy atom. The van der Waals surface area contributed by atoms with E-state index in [1.165, 1.54) is 0 Å². The van der Waals surface area contributed by atoms with Crippen LogP contribution in [0.3, 0.4) is 0 Å². The first-order valence-corrected chi connectivity index (χ1v) is 11.4. The van der Waals surface area contributed by atoms with Gasteiger partial charge in [0, 0.05) is 32.7 Å². The molecule has 0 unspecified atom stereocenters. The molecule has 0 nitrogen and oxygen atoms in total. The topological polar surface area (TPSA) is 0 Å². The molecule has 0 aromatic heterocycles. The molecule has 99 valence electrons. The normalized spacial score (nSPS) is 25.4. The summed E-state index contributed by atoms with van der Waals surface area (Å²) in [5.41, 5.74) is 0. The van der Waals surface area contributed by atoms with Crippen LogP contribution in [0.15, 0.2) is 72.9 Å². The van der Waals surface area contributed by atoms with Crippen LogP contribution >= 0.6 is 0 Å². The van der Waals surface area contributed by atoms with Gasteiger partial charge in [-0.2, -0.15) is 0 Å². The zero-order valence-electron chi connectivity index (χ0n) is 12.6. The molecule has 0 heterocycles. The maximum atomic E-state index is 2.45. The van der Waals surface area contributed by atoms with E-state index in [0.717, 1.165) is 0 Å². The third kappa shape index (κ3) is 2.79. The molecule has 0 fully saturated rings. The molecule has 20 heavy (non-hydrogen) atoms. The Balaban J connectivity index is 0.00000147. The van der Waals surface area contributed by atoms with Crippen LogP contribution in [0.2, 0.25) is 6.68 Å². The molecule has 0 amide bonds. The van der Waals surface area contributed by atoms with E-state index in [2.05, 4.69) is 93.7 Å². The van der Waals surface area contributed by atoms with Crippen molar-refractivity contribution in [2.75, 3.05) is 0 Å². The summed E-state index contributed by atoms with van der Waals surface area (Å²) in [6.07, 6.45) is 28.1. The van der Waals surface area contributed by atoms with E-state index in [-0.39, 0.29) is 32.7 Å². The van der Waals surface area contributed by atoms with Crippen molar-refractivity contribution >= 4 is 0 Å². The van der Waals surface area contributed by atoms with Crippen molar-refractivity contribution in [1.29, 1.82) is 0 Å². The quantitative estimate of drug-likeness (QED) is 0.570. The van der Waals surface area contributed by atoms with Crippen molar-refractivity contribution in [2.45, 2.75) is 27.4 Å². The molecule has 0 aliphatic heterocycles. The van der Waals surface area contributed by atoms with E-state index < -0.39 is 27.4 Å². The van der Waals surface area contributed by atoms with Gasteiger partial charge in [0.05, 0.1) is 0 Å². The van der Waals surface area contributed by atoms with E-state index >= 15 is 0 Å². The Morgan fingerprint density at radius 1 is 0.500 bits per heavy atom. The predicted octanol–water partition coefficient (Wildman–Crippen LogP) is 5.52. The monoisotopic (exact) mass is 415 g/mol. The summed E-state index contributed by atoms with van der Waals surface area (Å²) < 4.78 is 0.926. The Kier molecular flexibility index (Phi) is 5.13. The van der Waals surface area contributed by atoms with Crippen LogP contribution in [0.25, 0.3) is 0 Å². The zero-order chi connectivity index (χ0) is 13.6. The molecule has 0 aromatic carbocycles. The predicted molar refractivity (Wildman–Crippen MR) is 79.9 cm³/mol. The minimum Gasteiger partial charge on any atom is 0 e. The summed E-state index contributed by atoms with van der Waals surface area (Å²) in [5.74, 6) is 0. The SMILES string of the molecule is C[C]1([Y]([C]2(C)C=CC=C2)[C]2(C)C=CC=C2)C=CC=C1.[Y]. The molecule has 0 saturated heterocycles. The average Bonchev–Trinajstić information content (AvgIpc) is 3.03. The zero-order valence-corrected chi connectivity index (χ0v) is 18.3. The van der Waals surface area contributed by atoms with Crippen LogP contribution < -0.4 is 0 Å². The fourth-order valence-corrected chi connectivity index (χ4v) is 18.7. The van der Waals surface area contributed by atoms with Crippen molar-refractivity contribution in [3.63, 3.8) is 0 Å². The summed E-state index contributed by atoms with van der Waals surface area (Å²) in [7, 11) is 0. The second kappa shape index (κ2) is 6.03. The van der Waals surface area contributed by atoms with Gasteiger partial charge >= 0.3 is 128 Å². The van der Waals surface area contributed by atoms with E-state index in [1.54, 1.807) is 0 Å². The maximum absolute atomic E-state index is 2.45. The summed E-state index contributed by atoms with van der Waals surface area (Å²) in [6, 6.07) is 0. The van der Waals surface area contributed by atoms with Gasteiger partial charge in [0.15, 0.2) is 0 Å². The van der Waals surface area contributed by atoms with Gasteiger partial charge in [0.25, 0.3) is 0 Å². The van der Waals surface area contributed by atoms with Gasteiger partial charge in [-0.05, 0) is 0 Å². The molecular weight excluding hydrogens is 394 g/mol. The molecule has 3 aliphatic rings. The fourth-order valence-electron chi connectivity index (χ4n) is 4.33. The first-order chi connectivity index (χ1) is 8.99. The number of allylic oxidation sites excluding steroid dienone is 12. The molecule has 3 rings (SSSR count). The van der Waals surface area contributed by atoms with Gasteiger partial charge in [-0.1, -0.05) is 0 Å². The Labute approximate surface area is 158 Å². The van der Waals surface area contributed by atoms with Crippen molar-refractivity contribution < 1.29 is 60.2 Å². The third-order valence-corrected chi connectivity index (χ3v) is 16.9. The molecule has 0 N–H and O–H groups in total. The van der Waals surface area contributed by atoms with Gasteiger partial charge < -0.3 is 0 Å². The minimum absolute atomic E-state index is 0. The molecule has 1 radical (unpaired) electrons. The van der Waals surface area contributed by atoms with Crippen LogP contribution in [-0.4, -0.2) is 0 Å². The fraction of sp³-hybridized carbons (Fsp3) is 0.333. The Hall–Kier alpha value is 0.648. The third-order valence-electron chi connectivity index (χ3n) is 4.93. The van der Waals surface area contributed by atoms with Crippen LogP contribution in [0.1, 0.15) is 20.8 Å². The first-order valence-electron chi connectivity index (χ1n) is 7.10. The van der Waals surface area contributed by atoms with Gasteiger partial charge in [0.1, 0.15) is 0 Å². The van der Waals surface area contributed by atoms with Crippen molar-refractivity contribution in [3.05, 3.63) is 72.9 Å². The van der Waals surface area contributed by atoms with E-state index in [1.807, 2.05) is 0 Å². The van der Waals surface area contributed by atoms with Gasteiger partial charge in [-0.25, -0.2) is 0 Å².